The SMILES string of the molecule is [2H]c1c([2H])c([2H])c(C2(C(=O)OC([2H])([2H])C([2H])([2H])[2H])CC([2H])([2H])N(C([2H])([2H])[2H])C([2H])([2H])C2)c([2H])c1[2H]. The van der Waals surface area contributed by atoms with Crippen LogP contribution < -0.4 is 0 Å². The van der Waals surface area contributed by atoms with Gasteiger partial charge in [-0.1, -0.05) is 30.2 Å². The Hall–Kier alpha value is -1.35. The van der Waals surface area contributed by atoms with Crippen molar-refractivity contribution in [2.45, 2.75) is 25.1 Å². The molecule has 0 atom stereocenters. The van der Waals surface area contributed by atoms with Crippen molar-refractivity contribution in [3.05, 3.63) is 35.8 Å². The van der Waals surface area contributed by atoms with E-state index in [1.54, 1.807) is 0 Å². The zero-order chi connectivity index (χ0) is 27.7. The van der Waals surface area contributed by atoms with Crippen LogP contribution in [0.4, 0.5) is 0 Å². The van der Waals surface area contributed by atoms with Gasteiger partial charge in [0.2, 0.25) is 0 Å². The first-order valence-corrected chi connectivity index (χ1v) is 4.95. The molecule has 3 nitrogen and oxygen atoms in total. The summed E-state index contributed by atoms with van der Waals surface area (Å²) in [5, 5.41) is 0. The van der Waals surface area contributed by atoms with E-state index in [1.165, 1.54) is 0 Å². The fraction of sp³-hybridized carbons (Fsp3) is 0.533. The van der Waals surface area contributed by atoms with E-state index >= 15 is 0 Å². The Morgan fingerprint density at radius 1 is 1.56 bits per heavy atom. The first kappa shape index (κ1) is 3.40. The van der Waals surface area contributed by atoms with Gasteiger partial charge >= 0.3 is 5.97 Å². The van der Waals surface area contributed by atoms with E-state index in [1.807, 2.05) is 0 Å². The maximum Gasteiger partial charge on any atom is 0.316 e. The van der Waals surface area contributed by atoms with Gasteiger partial charge in [0, 0.05) is 13.7 Å². The molecule has 3 heteroatoms. The van der Waals surface area contributed by atoms with Gasteiger partial charge in [0.25, 0.3) is 0 Å². The molecule has 0 spiro atoms. The fourth-order valence-electron chi connectivity index (χ4n) is 1.60. The molecule has 1 aromatic rings. The van der Waals surface area contributed by atoms with Gasteiger partial charge in [-0.25, -0.2) is 0 Å². The number of hydrogen-bond acceptors (Lipinski definition) is 3. The monoisotopic (exact) mass is 264 g/mol. The zero-order valence-electron chi connectivity index (χ0n) is 26.2. The van der Waals surface area contributed by atoms with Crippen LogP contribution in [-0.2, 0) is 14.9 Å². The van der Waals surface area contributed by atoms with Gasteiger partial charge in [-0.05, 0) is 45.2 Å². The van der Waals surface area contributed by atoms with Crippen LogP contribution in [0.3, 0.4) is 0 Å². The molecule has 0 bridgehead atoms. The summed E-state index contributed by atoms with van der Waals surface area (Å²) in [5.41, 5.74) is -3.89. The fourth-order valence-corrected chi connectivity index (χ4v) is 1.60. The summed E-state index contributed by atoms with van der Waals surface area (Å²) >= 11 is 0. The Labute approximate surface area is 133 Å². The molecule has 0 aromatic heterocycles. The summed E-state index contributed by atoms with van der Waals surface area (Å²) < 4.78 is 137. The Morgan fingerprint density at radius 3 is 2.89 bits per heavy atom. The quantitative estimate of drug-likeness (QED) is 0.784. The number of esters is 1. The first-order chi connectivity index (χ1) is 15.3. The van der Waals surface area contributed by atoms with Crippen LogP contribution in [0.1, 0.15) is 48.6 Å². The van der Waals surface area contributed by atoms with E-state index in [4.69, 9.17) is 23.3 Å². The molecular formula is C15H21NO2. The molecule has 0 amide bonds. The van der Waals surface area contributed by atoms with Crippen LogP contribution in [0, 0.1) is 0 Å². The molecule has 1 heterocycles. The van der Waals surface area contributed by atoms with E-state index in [0.29, 0.717) is 0 Å². The van der Waals surface area contributed by atoms with E-state index in [2.05, 4.69) is 4.74 Å². The van der Waals surface area contributed by atoms with Crippen molar-refractivity contribution < 1.29 is 32.8 Å². The summed E-state index contributed by atoms with van der Waals surface area (Å²) in [6.07, 6.45) is -2.72. The Kier molecular flexibility index (Phi) is 1.04. The minimum atomic E-state index is -3.70. The standard InChI is InChI=1S/C15H21NO2/c1-3-18-14(17)15(9-11-16(2)12-10-15)13-7-5-4-6-8-13/h4-8H,3,9-12H2,1-2H3/i1D3,2D3,3D2,4D,5D,6D,7D,8D,11D2,12D2. The van der Waals surface area contributed by atoms with Crippen molar-refractivity contribution in [1.29, 1.82) is 0 Å². The number of benzene rings is 1. The number of piperidine rings is 1. The third kappa shape index (κ3) is 2.41. The summed E-state index contributed by atoms with van der Waals surface area (Å²) in [7, 11) is 0. The van der Waals surface area contributed by atoms with E-state index in [0.717, 1.165) is 0 Å². The molecule has 0 unspecified atom stereocenters. The van der Waals surface area contributed by atoms with Crippen LogP contribution in [0.2, 0.25) is 0 Å². The molecule has 1 fully saturated rings. The highest BCUT2D eigenvalue weighted by atomic mass is 16.5. The number of rotatable bonds is 3. The third-order valence-corrected chi connectivity index (χ3v) is 2.59. The van der Waals surface area contributed by atoms with Crippen LogP contribution in [0.5, 0.6) is 0 Å². The van der Waals surface area contributed by atoms with Gasteiger partial charge in [0.15, 0.2) is 0 Å². The average molecular weight is 264 g/mol. The molecule has 1 aliphatic rings. The highest BCUT2D eigenvalue weighted by molar-refractivity contribution is 5.83. The van der Waals surface area contributed by atoms with Crippen molar-refractivity contribution in [3.63, 3.8) is 0 Å². The van der Waals surface area contributed by atoms with E-state index in [9.17, 15) is 4.79 Å². The molecule has 98 valence electrons. The lowest BCUT2D eigenvalue weighted by Gasteiger charge is -2.38. The normalized spacial score (nSPS) is 41.0. The molecule has 1 aliphatic heterocycles. The molecule has 1 saturated heterocycles. The maximum absolute atomic E-state index is 13.4. The van der Waals surface area contributed by atoms with Crippen molar-refractivity contribution in [2.75, 3.05) is 26.5 Å². The van der Waals surface area contributed by atoms with Gasteiger partial charge in [-0.3, -0.25) is 4.79 Å². The van der Waals surface area contributed by atoms with Crippen molar-refractivity contribution in [2.24, 2.45) is 0 Å². The van der Waals surface area contributed by atoms with Crippen LogP contribution >= 0.6 is 0 Å². The summed E-state index contributed by atoms with van der Waals surface area (Å²) in [4.78, 5) is 13.2. The minimum Gasteiger partial charge on any atom is -0.465 e. The van der Waals surface area contributed by atoms with Gasteiger partial charge < -0.3 is 9.64 Å². The molecule has 18 heavy (non-hydrogen) atoms. The van der Waals surface area contributed by atoms with Crippen molar-refractivity contribution in [3.8, 4) is 0 Å². The van der Waals surface area contributed by atoms with Crippen molar-refractivity contribution >= 4 is 5.97 Å². The lowest BCUT2D eigenvalue weighted by atomic mass is 9.73. The molecule has 0 radical (unpaired) electrons. The number of ether oxygens (including phenoxy) is 1. The van der Waals surface area contributed by atoms with Crippen molar-refractivity contribution in [1.82, 2.24) is 4.90 Å². The van der Waals surface area contributed by atoms with Gasteiger partial charge in [0.05, 0.1) is 21.6 Å². The summed E-state index contributed by atoms with van der Waals surface area (Å²) in [6, 6.07) is -5.04. The zero-order valence-corrected chi connectivity index (χ0v) is 9.18. The first-order valence-electron chi connectivity index (χ1n) is 13.4. The lowest BCUT2D eigenvalue weighted by molar-refractivity contribution is -0.152. The van der Waals surface area contributed by atoms with Gasteiger partial charge in [-0.15, -0.1) is 0 Å². The number of nitrogens with zero attached hydrogens (tertiary/aromatic N) is 1. The average Bonchev–Trinajstić information content (AvgIpc) is 2.60. The number of likely N-dealkylation sites (tertiary alicyclic amines) is 1. The minimum absolute atomic E-state index is 0.160. The van der Waals surface area contributed by atoms with Crippen LogP contribution in [-0.4, -0.2) is 37.4 Å². The second-order valence-corrected chi connectivity index (χ2v) is 3.58. The van der Waals surface area contributed by atoms with Gasteiger partial charge in [-0.2, -0.15) is 0 Å². The molecule has 1 aromatic carbocycles. The smallest absolute Gasteiger partial charge is 0.316 e. The van der Waals surface area contributed by atoms with E-state index in [-0.39, 0.29) is 4.90 Å². The maximum atomic E-state index is 13.4. The predicted octanol–water partition coefficient (Wildman–Crippen LogP) is 2.21. The Bertz CT molecular complexity index is 981. The highest BCUT2D eigenvalue weighted by Gasteiger charge is 2.43. The molecule has 0 saturated carbocycles. The third-order valence-electron chi connectivity index (χ3n) is 2.59. The number of carbonyl (C=O) groups is 1. The largest absolute Gasteiger partial charge is 0.465 e. The second-order valence-electron chi connectivity index (χ2n) is 3.58. The Balaban J connectivity index is 2.95. The lowest BCUT2D eigenvalue weighted by Crippen LogP contribution is -2.47. The summed E-state index contributed by atoms with van der Waals surface area (Å²) in [6.45, 7) is -17.2. The topological polar surface area (TPSA) is 29.5 Å². The molecule has 2 rings (SSSR count). The number of hydrogen-bond donors (Lipinski definition) is 0. The van der Waals surface area contributed by atoms with Crippen LogP contribution in [0.25, 0.3) is 0 Å². The highest BCUT2D eigenvalue weighted by Crippen LogP contribution is 2.36. The van der Waals surface area contributed by atoms with Crippen LogP contribution in [0.15, 0.2) is 30.2 Å². The predicted molar refractivity (Wildman–Crippen MR) is 71.5 cm³/mol. The summed E-state index contributed by atoms with van der Waals surface area (Å²) in [5.74, 6) is -1.94. The number of carbonyl (C=O) groups excluding carboxylic acids is 1. The van der Waals surface area contributed by atoms with E-state index < -0.39 is 93.4 Å². The second kappa shape index (κ2) is 5.53. The van der Waals surface area contributed by atoms with Gasteiger partial charge in [0.1, 0.15) is 0 Å². The molecular weight excluding hydrogens is 226 g/mol. The molecule has 0 N–H and O–H groups in total. The molecule has 0 aliphatic carbocycles. The Morgan fingerprint density at radius 2 is 2.28 bits per heavy atom.